The molecule has 0 radical (unpaired) electrons. The van der Waals surface area contributed by atoms with Gasteiger partial charge in [-0.25, -0.2) is 0 Å². The Balaban J connectivity index is 0.000000837. The molecular weight excluding hydrogens is 442 g/mol. The van der Waals surface area contributed by atoms with Gasteiger partial charge in [0.05, 0.1) is 19.4 Å². The summed E-state index contributed by atoms with van der Waals surface area (Å²) in [6.45, 7) is 0.418. The van der Waals surface area contributed by atoms with Crippen molar-refractivity contribution in [2.24, 2.45) is 0 Å². The second kappa shape index (κ2) is 13.0. The maximum absolute atomic E-state index is 13.1. The van der Waals surface area contributed by atoms with Crippen LogP contribution in [-0.2, 0) is 11.3 Å². The number of nitrogens with zero attached hydrogens (tertiary/aromatic N) is 2. The van der Waals surface area contributed by atoms with E-state index in [1.165, 1.54) is 17.1 Å². The molecule has 176 valence electrons. The van der Waals surface area contributed by atoms with Crippen molar-refractivity contribution in [1.29, 1.82) is 0 Å². The number of ether oxygens (including phenoxy) is 2. The number of carbonyl (C=O) groups excluding carboxylic acids is 1. The summed E-state index contributed by atoms with van der Waals surface area (Å²) in [4.78, 5) is 15.8. The zero-order chi connectivity index (χ0) is 23.7. The summed E-state index contributed by atoms with van der Waals surface area (Å²) >= 11 is 8.93. The van der Waals surface area contributed by atoms with Crippen molar-refractivity contribution in [2.75, 3.05) is 45.0 Å². The molecule has 2 aromatic carbocycles. The Bertz CT molecular complexity index is 884. The summed E-state index contributed by atoms with van der Waals surface area (Å²) in [7, 11) is 9.21. The van der Waals surface area contributed by atoms with E-state index in [2.05, 4.69) is 30.8 Å². The van der Waals surface area contributed by atoms with Crippen molar-refractivity contribution in [3.63, 3.8) is 0 Å². The van der Waals surface area contributed by atoms with Gasteiger partial charge in [0, 0.05) is 35.4 Å². The molecule has 0 heterocycles. The van der Waals surface area contributed by atoms with E-state index in [-0.39, 0.29) is 5.91 Å². The molecule has 1 amide bonds. The molecule has 0 aliphatic heterocycles. The van der Waals surface area contributed by atoms with Gasteiger partial charge < -0.3 is 19.7 Å². The Hall–Kier alpha value is -1.87. The molecule has 1 aliphatic rings. The summed E-state index contributed by atoms with van der Waals surface area (Å²) in [5, 5.41) is 3.52. The highest BCUT2D eigenvalue weighted by Crippen LogP contribution is 2.29. The van der Waals surface area contributed by atoms with E-state index in [1.54, 1.807) is 26.4 Å². The van der Waals surface area contributed by atoms with Crippen LogP contribution in [0, 0.1) is 0 Å². The molecule has 32 heavy (non-hydrogen) atoms. The molecule has 0 saturated heterocycles. The third-order valence-electron chi connectivity index (χ3n) is 4.83. The second-order valence-corrected chi connectivity index (χ2v) is 9.24. The summed E-state index contributed by atoms with van der Waals surface area (Å²) in [5.74, 6) is 0.410. The number of methoxy groups -OCH3 is 2. The number of hydrogen-bond acceptors (Lipinski definition) is 7. The van der Waals surface area contributed by atoms with Gasteiger partial charge in [-0.2, -0.15) is 0 Å². The van der Waals surface area contributed by atoms with Crippen molar-refractivity contribution in [3.05, 3.63) is 47.5 Å². The SMILES string of the molecule is CN(C)C.COCc1cc(OC)cc(N(S)C(=O)c2cc(S)cc(NC3CCCC3)c2)c1. The number of amides is 1. The summed E-state index contributed by atoms with van der Waals surface area (Å²) in [6.07, 6.45) is 4.80. The van der Waals surface area contributed by atoms with Gasteiger partial charge in [-0.1, -0.05) is 25.7 Å². The molecule has 1 saturated carbocycles. The highest BCUT2D eigenvalue weighted by molar-refractivity contribution is 7.82. The third kappa shape index (κ3) is 8.24. The van der Waals surface area contributed by atoms with Crippen molar-refractivity contribution in [1.82, 2.24) is 4.90 Å². The van der Waals surface area contributed by atoms with Crippen LogP contribution in [0.3, 0.4) is 0 Å². The zero-order valence-corrected chi connectivity index (χ0v) is 21.4. The maximum Gasteiger partial charge on any atom is 0.268 e. The van der Waals surface area contributed by atoms with Crippen molar-refractivity contribution < 1.29 is 14.3 Å². The number of rotatable bonds is 7. The van der Waals surface area contributed by atoms with Gasteiger partial charge >= 0.3 is 0 Å². The van der Waals surface area contributed by atoms with Crippen LogP contribution in [0.5, 0.6) is 5.75 Å². The van der Waals surface area contributed by atoms with E-state index in [0.717, 1.165) is 29.0 Å². The Kier molecular flexibility index (Phi) is 10.7. The number of carbonyl (C=O) groups is 1. The number of nitrogens with one attached hydrogen (secondary N) is 1. The number of hydrogen-bond donors (Lipinski definition) is 3. The summed E-state index contributed by atoms with van der Waals surface area (Å²) in [6, 6.07) is 11.5. The van der Waals surface area contributed by atoms with E-state index in [0.29, 0.717) is 29.6 Å². The van der Waals surface area contributed by atoms with Gasteiger partial charge in [-0.05, 0) is 69.9 Å². The first-order valence-corrected chi connectivity index (χ1v) is 11.5. The minimum absolute atomic E-state index is 0.231. The zero-order valence-electron chi connectivity index (χ0n) is 19.6. The fourth-order valence-electron chi connectivity index (χ4n) is 3.50. The van der Waals surface area contributed by atoms with E-state index in [9.17, 15) is 4.79 Å². The molecule has 3 rings (SSSR count). The van der Waals surface area contributed by atoms with Crippen LogP contribution < -0.4 is 14.4 Å². The van der Waals surface area contributed by atoms with Crippen molar-refractivity contribution in [2.45, 2.75) is 43.2 Å². The average molecular weight is 478 g/mol. The van der Waals surface area contributed by atoms with E-state index < -0.39 is 0 Å². The molecule has 1 aliphatic carbocycles. The van der Waals surface area contributed by atoms with E-state index in [4.69, 9.17) is 9.47 Å². The molecule has 0 unspecified atom stereocenters. The van der Waals surface area contributed by atoms with Crippen LogP contribution in [-0.4, -0.2) is 52.2 Å². The van der Waals surface area contributed by atoms with Gasteiger partial charge in [0.15, 0.2) is 0 Å². The first kappa shape index (κ1) is 26.4. The Morgan fingerprint density at radius 2 is 1.72 bits per heavy atom. The molecule has 0 atom stereocenters. The van der Waals surface area contributed by atoms with Crippen LogP contribution in [0.25, 0.3) is 0 Å². The lowest BCUT2D eigenvalue weighted by Gasteiger charge is -2.19. The van der Waals surface area contributed by atoms with Crippen LogP contribution in [0.15, 0.2) is 41.3 Å². The highest BCUT2D eigenvalue weighted by atomic mass is 32.1. The number of anilines is 2. The number of benzene rings is 2. The predicted molar refractivity (Wildman–Crippen MR) is 139 cm³/mol. The lowest BCUT2D eigenvalue weighted by molar-refractivity contribution is 0.101. The fraction of sp³-hybridized carbons (Fsp3) is 0.458. The van der Waals surface area contributed by atoms with Crippen LogP contribution in [0.4, 0.5) is 11.4 Å². The second-order valence-electron chi connectivity index (χ2n) is 8.33. The average Bonchev–Trinajstić information content (AvgIpc) is 3.24. The molecule has 8 heteroatoms. The largest absolute Gasteiger partial charge is 0.497 e. The molecule has 2 aromatic rings. The van der Waals surface area contributed by atoms with Gasteiger partial charge in [0.2, 0.25) is 0 Å². The molecule has 0 spiro atoms. The molecule has 0 aromatic heterocycles. The Morgan fingerprint density at radius 3 is 2.31 bits per heavy atom. The quantitative estimate of drug-likeness (QED) is 0.481. The molecule has 6 nitrogen and oxygen atoms in total. The molecule has 1 N–H and O–H groups in total. The topological polar surface area (TPSA) is 54.0 Å². The first-order valence-electron chi connectivity index (χ1n) is 10.6. The minimum atomic E-state index is -0.231. The first-order chi connectivity index (χ1) is 15.2. The minimum Gasteiger partial charge on any atom is -0.497 e. The molecular formula is C24H35N3O3S2. The Morgan fingerprint density at radius 1 is 1.06 bits per heavy atom. The van der Waals surface area contributed by atoms with Gasteiger partial charge in [0.1, 0.15) is 5.75 Å². The fourth-order valence-corrected chi connectivity index (χ4v) is 4.01. The smallest absolute Gasteiger partial charge is 0.268 e. The van der Waals surface area contributed by atoms with Crippen LogP contribution in [0.1, 0.15) is 41.6 Å². The van der Waals surface area contributed by atoms with Crippen LogP contribution >= 0.6 is 25.4 Å². The van der Waals surface area contributed by atoms with Crippen molar-refractivity contribution >= 4 is 42.7 Å². The van der Waals surface area contributed by atoms with Crippen LogP contribution in [0.2, 0.25) is 0 Å². The lowest BCUT2D eigenvalue weighted by Crippen LogP contribution is -2.22. The lowest BCUT2D eigenvalue weighted by atomic mass is 10.1. The van der Waals surface area contributed by atoms with Gasteiger partial charge in [-0.15, -0.1) is 12.6 Å². The molecule has 0 bridgehead atoms. The predicted octanol–water partition coefficient (Wildman–Crippen LogP) is 5.15. The molecule has 1 fully saturated rings. The van der Waals surface area contributed by atoms with Crippen molar-refractivity contribution in [3.8, 4) is 5.75 Å². The van der Waals surface area contributed by atoms with Gasteiger partial charge in [0.25, 0.3) is 5.91 Å². The van der Waals surface area contributed by atoms with E-state index in [1.807, 2.05) is 50.3 Å². The highest BCUT2D eigenvalue weighted by Gasteiger charge is 2.19. The normalized spacial score (nSPS) is 13.5. The van der Waals surface area contributed by atoms with Gasteiger partial charge in [-0.3, -0.25) is 9.10 Å². The standard InChI is InChI=1S/C21H26N2O3S2.C3H9N/c1-25-13-14-7-18(12-19(8-14)26-2)23(28)21(24)15-9-17(11-20(27)10-15)22-16-5-3-4-6-16;1-4(2)3/h7-12,16,22,27-28H,3-6,13H2,1-2H3;1-3H3. The summed E-state index contributed by atoms with van der Waals surface area (Å²) < 4.78 is 11.9. The Labute approximate surface area is 203 Å². The monoisotopic (exact) mass is 477 g/mol. The van der Waals surface area contributed by atoms with E-state index >= 15 is 0 Å². The number of thiol groups is 2. The maximum atomic E-state index is 13.1. The third-order valence-corrected chi connectivity index (χ3v) is 5.50. The summed E-state index contributed by atoms with van der Waals surface area (Å²) in [5.41, 5.74) is 2.96.